The molecule has 12 heteroatoms. The van der Waals surface area contributed by atoms with Crippen LogP contribution in [0.3, 0.4) is 0 Å². The highest BCUT2D eigenvalue weighted by molar-refractivity contribution is 8.14. The number of carbonyl (C=O) groups excluding carboxylic acids is 2. The van der Waals surface area contributed by atoms with Crippen molar-refractivity contribution in [2.75, 3.05) is 31.9 Å². The van der Waals surface area contributed by atoms with Crippen LogP contribution in [0.5, 0.6) is 0 Å². The Balaban J connectivity index is 2.13. The molecule has 0 radical (unpaired) electrons. The summed E-state index contributed by atoms with van der Waals surface area (Å²) in [5, 5.41) is 12.0. The highest BCUT2D eigenvalue weighted by Gasteiger charge is 2.42. The summed E-state index contributed by atoms with van der Waals surface area (Å²) in [7, 11) is -4.03. The van der Waals surface area contributed by atoms with E-state index in [9.17, 15) is 18.0 Å². The van der Waals surface area contributed by atoms with E-state index in [0.29, 0.717) is 31.0 Å². The Morgan fingerprint density at radius 2 is 2.19 bits per heavy atom. The van der Waals surface area contributed by atoms with Crippen molar-refractivity contribution in [3.63, 3.8) is 0 Å². The first kappa shape index (κ1) is 22.1. The van der Waals surface area contributed by atoms with Gasteiger partial charge in [0.15, 0.2) is 5.17 Å². The zero-order valence-corrected chi connectivity index (χ0v) is 17.0. The van der Waals surface area contributed by atoms with Crippen molar-refractivity contribution in [3.05, 3.63) is 0 Å². The summed E-state index contributed by atoms with van der Waals surface area (Å²) in [6, 6.07) is -0.829. The Labute approximate surface area is 163 Å². The standard InChI is InChI=1S/C15H27N5O5S2/c1-2-3-4-8-19(11-13(21)18-23)27(24,25)20-9-5-6-12(20)14(22)17-15-16-7-10-26-15/h12,23H,2-11H2,1H3,(H,18,21)(H,16,17,22). The van der Waals surface area contributed by atoms with Crippen LogP contribution in [-0.4, -0.2) is 77.2 Å². The molecule has 0 saturated carbocycles. The van der Waals surface area contributed by atoms with Crippen molar-refractivity contribution in [2.24, 2.45) is 4.99 Å². The van der Waals surface area contributed by atoms with E-state index in [1.165, 1.54) is 17.2 Å². The van der Waals surface area contributed by atoms with Gasteiger partial charge in [0, 0.05) is 18.8 Å². The lowest BCUT2D eigenvalue weighted by Crippen LogP contribution is -2.53. The number of aliphatic imine (C=N–C) groups is 1. The maximum Gasteiger partial charge on any atom is 0.283 e. The molecule has 0 aromatic carbocycles. The quantitative estimate of drug-likeness (QED) is 0.271. The average molecular weight is 422 g/mol. The highest BCUT2D eigenvalue weighted by Crippen LogP contribution is 2.24. The first-order chi connectivity index (χ1) is 12.9. The van der Waals surface area contributed by atoms with Gasteiger partial charge in [-0.05, 0) is 19.3 Å². The summed E-state index contributed by atoms with van der Waals surface area (Å²) in [6.07, 6.45) is 3.28. The van der Waals surface area contributed by atoms with E-state index in [1.807, 2.05) is 6.92 Å². The summed E-state index contributed by atoms with van der Waals surface area (Å²) in [5.41, 5.74) is 1.47. The van der Waals surface area contributed by atoms with Gasteiger partial charge < -0.3 is 5.32 Å². The van der Waals surface area contributed by atoms with Crippen LogP contribution in [0.4, 0.5) is 0 Å². The van der Waals surface area contributed by atoms with Crippen LogP contribution in [0.15, 0.2) is 4.99 Å². The van der Waals surface area contributed by atoms with E-state index in [0.717, 1.165) is 27.2 Å². The minimum Gasteiger partial charge on any atom is -0.304 e. The lowest BCUT2D eigenvalue weighted by Gasteiger charge is -2.30. The number of hydroxylamine groups is 1. The molecule has 154 valence electrons. The van der Waals surface area contributed by atoms with Gasteiger partial charge >= 0.3 is 0 Å². The van der Waals surface area contributed by atoms with Crippen molar-refractivity contribution in [2.45, 2.75) is 45.1 Å². The van der Waals surface area contributed by atoms with Gasteiger partial charge in [-0.1, -0.05) is 31.5 Å². The van der Waals surface area contributed by atoms with Gasteiger partial charge in [0.25, 0.3) is 16.1 Å². The molecule has 3 N–H and O–H groups in total. The van der Waals surface area contributed by atoms with Crippen LogP contribution in [0, 0.1) is 0 Å². The maximum absolute atomic E-state index is 13.1. The zero-order valence-electron chi connectivity index (χ0n) is 15.4. The summed E-state index contributed by atoms with van der Waals surface area (Å²) in [5.74, 6) is -0.416. The Hall–Kier alpha value is -1.21. The van der Waals surface area contributed by atoms with Crippen LogP contribution in [0.25, 0.3) is 0 Å². The largest absolute Gasteiger partial charge is 0.304 e. The number of hydrogen-bond acceptors (Lipinski definition) is 7. The number of rotatable bonds is 9. The number of amidine groups is 1. The van der Waals surface area contributed by atoms with Gasteiger partial charge in [0.05, 0.1) is 13.1 Å². The number of amides is 2. The molecule has 0 aromatic rings. The fraction of sp³-hybridized carbons (Fsp3) is 0.800. The van der Waals surface area contributed by atoms with Gasteiger partial charge in [-0.15, -0.1) is 0 Å². The Morgan fingerprint density at radius 3 is 2.81 bits per heavy atom. The molecule has 0 aromatic heterocycles. The van der Waals surface area contributed by atoms with E-state index >= 15 is 0 Å². The molecule has 0 spiro atoms. The number of hydrogen-bond donors (Lipinski definition) is 3. The normalized spacial score (nSPS) is 20.7. The number of nitrogens with one attached hydrogen (secondary N) is 2. The van der Waals surface area contributed by atoms with Gasteiger partial charge in [0.1, 0.15) is 6.04 Å². The molecule has 10 nitrogen and oxygen atoms in total. The molecule has 1 fully saturated rings. The molecule has 2 aliphatic heterocycles. The summed E-state index contributed by atoms with van der Waals surface area (Å²) in [6.45, 7) is 2.50. The summed E-state index contributed by atoms with van der Waals surface area (Å²) >= 11 is 1.43. The molecule has 2 amide bonds. The smallest absolute Gasteiger partial charge is 0.283 e. The zero-order chi connectivity index (χ0) is 19.9. The first-order valence-electron chi connectivity index (χ1n) is 9.08. The van der Waals surface area contributed by atoms with Crippen molar-refractivity contribution in [3.8, 4) is 0 Å². The van der Waals surface area contributed by atoms with Crippen LogP contribution in [-0.2, 0) is 19.8 Å². The highest BCUT2D eigenvalue weighted by atomic mass is 32.2. The lowest BCUT2D eigenvalue weighted by molar-refractivity contribution is -0.129. The van der Waals surface area contributed by atoms with E-state index in [1.54, 1.807) is 0 Å². The third-order valence-corrected chi connectivity index (χ3v) is 7.29. The maximum atomic E-state index is 13.1. The van der Waals surface area contributed by atoms with Gasteiger partial charge in [-0.2, -0.15) is 17.0 Å². The minimum absolute atomic E-state index is 0.150. The molecule has 2 rings (SSSR count). The third kappa shape index (κ3) is 5.88. The van der Waals surface area contributed by atoms with E-state index < -0.39 is 34.6 Å². The van der Waals surface area contributed by atoms with Gasteiger partial charge in [-0.25, -0.2) is 5.48 Å². The van der Waals surface area contributed by atoms with Crippen molar-refractivity contribution in [1.82, 2.24) is 19.4 Å². The van der Waals surface area contributed by atoms with Crippen molar-refractivity contribution in [1.29, 1.82) is 0 Å². The molecule has 2 aliphatic rings. The molecular formula is C15H27N5O5S2. The monoisotopic (exact) mass is 421 g/mol. The van der Waals surface area contributed by atoms with Crippen LogP contribution >= 0.6 is 11.8 Å². The van der Waals surface area contributed by atoms with Crippen LogP contribution in [0.2, 0.25) is 0 Å². The first-order valence-corrected chi connectivity index (χ1v) is 11.5. The second-order valence-electron chi connectivity index (χ2n) is 6.38. The SMILES string of the molecule is CCCCCN(CC(=O)NO)S(=O)(=O)N1CCCC1C(=O)NC1=NCCS1. The van der Waals surface area contributed by atoms with Gasteiger partial charge in [-0.3, -0.25) is 19.8 Å². The molecular weight excluding hydrogens is 394 g/mol. The van der Waals surface area contributed by atoms with Crippen LogP contribution < -0.4 is 10.8 Å². The summed E-state index contributed by atoms with van der Waals surface area (Å²) < 4.78 is 28.4. The minimum atomic E-state index is -4.03. The fourth-order valence-corrected chi connectivity index (χ4v) is 5.59. The molecule has 27 heavy (non-hydrogen) atoms. The topological polar surface area (TPSA) is 131 Å². The number of carbonyl (C=O) groups is 2. The number of thioether (sulfide) groups is 1. The van der Waals surface area contributed by atoms with Crippen LogP contribution in [0.1, 0.15) is 39.0 Å². The van der Waals surface area contributed by atoms with Crippen molar-refractivity contribution < 1.29 is 23.2 Å². The molecule has 1 unspecified atom stereocenters. The predicted molar refractivity (Wildman–Crippen MR) is 103 cm³/mol. The van der Waals surface area contributed by atoms with E-state index in [2.05, 4.69) is 10.3 Å². The van der Waals surface area contributed by atoms with E-state index in [-0.39, 0.29) is 13.1 Å². The average Bonchev–Trinajstić information content (AvgIpc) is 3.32. The third-order valence-electron chi connectivity index (χ3n) is 4.40. The number of nitrogens with zero attached hydrogens (tertiary/aromatic N) is 3. The van der Waals surface area contributed by atoms with Crippen molar-refractivity contribution >= 4 is 39.0 Å². The fourth-order valence-electron chi connectivity index (χ4n) is 3.04. The second-order valence-corrected chi connectivity index (χ2v) is 9.34. The summed E-state index contributed by atoms with van der Waals surface area (Å²) in [4.78, 5) is 28.3. The predicted octanol–water partition coefficient (Wildman–Crippen LogP) is -0.0878. The lowest BCUT2D eigenvalue weighted by atomic mass is 10.2. The van der Waals surface area contributed by atoms with E-state index in [4.69, 9.17) is 5.21 Å². The number of unbranched alkanes of at least 4 members (excludes halogenated alkanes) is 2. The Kier molecular flexibility index (Phi) is 8.48. The molecule has 2 heterocycles. The molecule has 1 saturated heterocycles. The Bertz CT molecular complexity index is 670. The Morgan fingerprint density at radius 1 is 1.41 bits per heavy atom. The second kappa shape index (κ2) is 10.4. The van der Waals surface area contributed by atoms with Gasteiger partial charge in [0.2, 0.25) is 5.91 Å². The molecule has 0 aliphatic carbocycles. The molecule has 0 bridgehead atoms. The molecule has 1 atom stereocenters.